The molecule has 0 saturated carbocycles. The zero-order valence-corrected chi connectivity index (χ0v) is 35.7. The first-order valence-electron chi connectivity index (χ1n) is 23.1. The minimum absolute atomic E-state index is 0.0110. The van der Waals surface area contributed by atoms with Crippen LogP contribution in [0.5, 0.6) is 0 Å². The molecule has 0 unspecified atom stereocenters. The molecule has 6 heterocycles. The standard InChI is InChI=1S/C60H36B2N4/c1-7-21-47-39(15-1)45-35-37(63-51-25-9-3-17-41(51)42-18-4-10-26-52(42)63)31-33-55(45)65-57-29-14-30-58-60(57)59-49(61(47)65)23-13-24-50(59)62-48-22-8-2-16-40(48)46-36-38(32-34-56(46)66(58)62)64-53-27-11-5-19-43(53)44-20-6-12-28-54(44)64/h1-36H. The fourth-order valence-electron chi connectivity index (χ4n) is 12.8. The molecule has 0 radical (unpaired) electrons. The summed E-state index contributed by atoms with van der Waals surface area (Å²) in [6.45, 7) is 0.0221. The quantitative estimate of drug-likeness (QED) is 0.161. The van der Waals surface area contributed by atoms with E-state index in [2.05, 4.69) is 237 Å². The average Bonchev–Trinajstić information content (AvgIpc) is 3.91. The second kappa shape index (κ2) is 12.6. The average molecular weight is 835 g/mol. The molecule has 302 valence electrons. The summed E-state index contributed by atoms with van der Waals surface area (Å²) in [5.41, 5.74) is 25.4. The Morgan fingerprint density at radius 1 is 0.258 bits per heavy atom. The third-order valence-corrected chi connectivity index (χ3v) is 15.3. The number of aromatic nitrogens is 2. The van der Waals surface area contributed by atoms with Crippen LogP contribution in [0, 0.1) is 0 Å². The molecule has 4 nitrogen and oxygen atoms in total. The zero-order chi connectivity index (χ0) is 42.8. The van der Waals surface area contributed by atoms with Crippen molar-refractivity contribution in [3.8, 4) is 44.8 Å². The lowest BCUT2D eigenvalue weighted by Gasteiger charge is -2.49. The number of hydrogen-bond donors (Lipinski definition) is 0. The number of nitrogens with zero attached hydrogens (tertiary/aromatic N) is 4. The van der Waals surface area contributed by atoms with Crippen LogP contribution in [0.25, 0.3) is 88.4 Å². The van der Waals surface area contributed by atoms with E-state index in [1.807, 2.05) is 0 Å². The van der Waals surface area contributed by atoms with Gasteiger partial charge in [0, 0.05) is 72.4 Å². The molecule has 16 rings (SSSR count). The van der Waals surface area contributed by atoms with Crippen LogP contribution in [0.3, 0.4) is 0 Å². The lowest BCUT2D eigenvalue weighted by molar-refractivity contribution is 1.18. The van der Waals surface area contributed by atoms with E-state index in [1.165, 1.54) is 133 Å². The Balaban J connectivity index is 0.929. The minimum atomic E-state index is 0.0110. The van der Waals surface area contributed by atoms with E-state index in [9.17, 15) is 0 Å². The van der Waals surface area contributed by atoms with Gasteiger partial charge < -0.3 is 18.8 Å². The molecule has 0 fully saturated rings. The third kappa shape index (κ3) is 4.32. The Bertz CT molecular complexity index is 3760. The highest BCUT2D eigenvalue weighted by molar-refractivity contribution is 6.97. The summed E-state index contributed by atoms with van der Waals surface area (Å²) < 4.78 is 4.89. The first kappa shape index (κ1) is 34.9. The predicted molar refractivity (Wildman–Crippen MR) is 279 cm³/mol. The molecule has 0 amide bonds. The van der Waals surface area contributed by atoms with Gasteiger partial charge in [-0.15, -0.1) is 0 Å². The normalized spacial score (nSPS) is 13.6. The van der Waals surface area contributed by atoms with Crippen molar-refractivity contribution in [2.24, 2.45) is 0 Å². The summed E-state index contributed by atoms with van der Waals surface area (Å²) in [5, 5.41) is 5.09. The predicted octanol–water partition coefficient (Wildman–Crippen LogP) is 12.0. The molecule has 0 N–H and O–H groups in total. The molecule has 0 atom stereocenters. The Labute approximate surface area is 382 Å². The van der Waals surface area contributed by atoms with Gasteiger partial charge in [0.1, 0.15) is 0 Å². The van der Waals surface area contributed by atoms with E-state index in [4.69, 9.17) is 0 Å². The van der Waals surface area contributed by atoms with Crippen molar-refractivity contribution >= 4 is 102 Å². The van der Waals surface area contributed by atoms with Gasteiger partial charge in [-0.3, -0.25) is 0 Å². The van der Waals surface area contributed by atoms with Crippen LogP contribution in [-0.2, 0) is 0 Å². The van der Waals surface area contributed by atoms with E-state index >= 15 is 0 Å². The maximum absolute atomic E-state index is 2.66. The van der Waals surface area contributed by atoms with Gasteiger partial charge in [-0.25, -0.2) is 0 Å². The summed E-state index contributed by atoms with van der Waals surface area (Å²) in [6.07, 6.45) is 0. The summed E-state index contributed by atoms with van der Waals surface area (Å²) in [7, 11) is 0. The van der Waals surface area contributed by atoms with E-state index < -0.39 is 0 Å². The summed E-state index contributed by atoms with van der Waals surface area (Å²) in [5.74, 6) is 0. The highest BCUT2D eigenvalue weighted by Crippen LogP contribution is 2.54. The van der Waals surface area contributed by atoms with Crippen LogP contribution in [-0.4, -0.2) is 22.8 Å². The molecule has 0 spiro atoms. The Morgan fingerprint density at radius 3 is 1.06 bits per heavy atom. The van der Waals surface area contributed by atoms with Crippen molar-refractivity contribution in [3.05, 3.63) is 218 Å². The molecular weight excluding hydrogens is 798 g/mol. The molecule has 0 saturated heterocycles. The lowest BCUT2D eigenvalue weighted by Crippen LogP contribution is -2.65. The van der Waals surface area contributed by atoms with Crippen LogP contribution in [0.4, 0.5) is 22.7 Å². The van der Waals surface area contributed by atoms with Crippen LogP contribution >= 0.6 is 0 Å². The molecular formula is C60H36B2N4. The van der Waals surface area contributed by atoms with Gasteiger partial charge in [0.25, 0.3) is 0 Å². The Hall–Kier alpha value is -8.47. The molecule has 10 aromatic carbocycles. The fourth-order valence-corrected chi connectivity index (χ4v) is 12.8. The topological polar surface area (TPSA) is 16.3 Å². The Kier molecular flexibility index (Phi) is 6.68. The van der Waals surface area contributed by atoms with Gasteiger partial charge in [0.15, 0.2) is 0 Å². The van der Waals surface area contributed by atoms with Crippen LogP contribution in [0.2, 0.25) is 0 Å². The van der Waals surface area contributed by atoms with Crippen molar-refractivity contribution in [1.82, 2.24) is 9.13 Å². The molecule has 0 aliphatic carbocycles. The maximum atomic E-state index is 2.66. The summed E-state index contributed by atoms with van der Waals surface area (Å²) in [6, 6.07) is 82.0. The van der Waals surface area contributed by atoms with E-state index in [-0.39, 0.29) is 13.7 Å². The van der Waals surface area contributed by atoms with Gasteiger partial charge in [-0.1, -0.05) is 146 Å². The molecule has 6 heteroatoms. The zero-order valence-electron chi connectivity index (χ0n) is 35.7. The SMILES string of the molecule is c1ccc2c(c1)B1c3cccc4c3-c3c(cccc3N3B4c4ccccc4-c4cc(-n5c6ccccc6c6ccccc65)ccc43)N1c1ccc(-n3c4ccccc4c4ccccc43)cc1-2. The third-order valence-electron chi connectivity index (χ3n) is 15.3. The van der Waals surface area contributed by atoms with Gasteiger partial charge in [-0.05, 0) is 111 Å². The monoisotopic (exact) mass is 834 g/mol. The van der Waals surface area contributed by atoms with E-state index in [0.717, 1.165) is 0 Å². The Morgan fingerprint density at radius 2 is 0.621 bits per heavy atom. The molecule has 4 aliphatic rings. The van der Waals surface area contributed by atoms with Crippen molar-refractivity contribution in [2.45, 2.75) is 0 Å². The highest BCUT2D eigenvalue weighted by Gasteiger charge is 2.50. The van der Waals surface area contributed by atoms with Crippen molar-refractivity contribution in [1.29, 1.82) is 0 Å². The smallest absolute Gasteiger partial charge is 0.329 e. The van der Waals surface area contributed by atoms with E-state index in [1.54, 1.807) is 0 Å². The number of benzene rings is 10. The minimum Gasteiger partial charge on any atom is -0.376 e. The second-order valence-corrected chi connectivity index (χ2v) is 18.3. The largest absolute Gasteiger partial charge is 0.376 e. The summed E-state index contributed by atoms with van der Waals surface area (Å²) in [4.78, 5) is 5.31. The lowest BCUT2D eigenvalue weighted by atomic mass is 9.37. The fraction of sp³-hybridized carbons (Fsp3) is 0. The summed E-state index contributed by atoms with van der Waals surface area (Å²) >= 11 is 0. The number of fused-ring (bicyclic) bond motifs is 22. The maximum Gasteiger partial charge on any atom is 0.329 e. The highest BCUT2D eigenvalue weighted by atomic mass is 15.1. The van der Waals surface area contributed by atoms with E-state index in [0.29, 0.717) is 0 Å². The van der Waals surface area contributed by atoms with Crippen molar-refractivity contribution in [3.63, 3.8) is 0 Å². The van der Waals surface area contributed by atoms with Crippen LogP contribution in [0.1, 0.15) is 0 Å². The first-order valence-corrected chi connectivity index (χ1v) is 23.1. The van der Waals surface area contributed by atoms with Crippen molar-refractivity contribution in [2.75, 3.05) is 9.62 Å². The van der Waals surface area contributed by atoms with Gasteiger partial charge >= 0.3 is 13.7 Å². The molecule has 4 aliphatic heterocycles. The molecule has 0 bridgehead atoms. The van der Waals surface area contributed by atoms with Crippen molar-refractivity contribution < 1.29 is 0 Å². The van der Waals surface area contributed by atoms with Gasteiger partial charge in [0.05, 0.1) is 22.1 Å². The van der Waals surface area contributed by atoms with Gasteiger partial charge in [-0.2, -0.15) is 0 Å². The molecule has 2 aromatic heterocycles. The van der Waals surface area contributed by atoms with Gasteiger partial charge in [0.2, 0.25) is 0 Å². The second-order valence-electron chi connectivity index (χ2n) is 18.3. The number of rotatable bonds is 2. The first-order chi connectivity index (χ1) is 32.8. The number of anilines is 4. The molecule has 66 heavy (non-hydrogen) atoms. The van der Waals surface area contributed by atoms with Crippen LogP contribution in [0.15, 0.2) is 218 Å². The number of hydrogen-bond acceptors (Lipinski definition) is 2. The molecule has 12 aromatic rings. The number of para-hydroxylation sites is 4. The van der Waals surface area contributed by atoms with Crippen LogP contribution < -0.4 is 31.5 Å².